The number of hydrogen-bond acceptors (Lipinski definition) is 2. The van der Waals surface area contributed by atoms with Crippen LogP contribution in [0.5, 0.6) is 0 Å². The number of carbonyl (C=O) groups excluding carboxylic acids is 1. The number of hydrogen-bond donors (Lipinski definition) is 2. The molecule has 16 heavy (non-hydrogen) atoms. The molecule has 0 aromatic carbocycles. The van der Waals surface area contributed by atoms with E-state index in [2.05, 4.69) is 29.7 Å². The van der Waals surface area contributed by atoms with Gasteiger partial charge in [0.15, 0.2) is 0 Å². The van der Waals surface area contributed by atoms with Gasteiger partial charge in [0, 0.05) is 12.5 Å². The number of rotatable bonds is 5. The molecular formula is C13H22N2O. The molecule has 0 spiro atoms. The van der Waals surface area contributed by atoms with Crippen LogP contribution in [0.15, 0.2) is 12.2 Å². The van der Waals surface area contributed by atoms with Crippen LogP contribution in [0.1, 0.15) is 19.8 Å². The van der Waals surface area contributed by atoms with Gasteiger partial charge in [0.2, 0.25) is 5.91 Å². The lowest BCUT2D eigenvalue weighted by Gasteiger charge is -2.19. The third-order valence-corrected chi connectivity index (χ3v) is 3.79. The summed E-state index contributed by atoms with van der Waals surface area (Å²) in [5, 5.41) is 6.21. The second kappa shape index (κ2) is 5.00. The monoisotopic (exact) mass is 222 g/mol. The Balaban J connectivity index is 1.74. The SMILES string of the molecule is CNCC(C)CNC(=O)C1CC2C=CC1C2. The number of carbonyl (C=O) groups is 1. The Morgan fingerprint density at radius 3 is 2.75 bits per heavy atom. The molecule has 3 nitrogen and oxygen atoms in total. The third-order valence-electron chi connectivity index (χ3n) is 3.79. The Hall–Kier alpha value is -0.830. The van der Waals surface area contributed by atoms with Gasteiger partial charge in [-0.15, -0.1) is 0 Å². The molecule has 0 aliphatic heterocycles. The summed E-state index contributed by atoms with van der Waals surface area (Å²) >= 11 is 0. The number of amides is 1. The van der Waals surface area contributed by atoms with Crippen molar-refractivity contribution in [2.45, 2.75) is 19.8 Å². The van der Waals surface area contributed by atoms with Crippen LogP contribution in [0.3, 0.4) is 0 Å². The lowest BCUT2D eigenvalue weighted by molar-refractivity contribution is -0.125. The first-order valence-corrected chi connectivity index (χ1v) is 6.31. The minimum Gasteiger partial charge on any atom is -0.356 e. The van der Waals surface area contributed by atoms with Crippen molar-refractivity contribution in [1.82, 2.24) is 10.6 Å². The fraction of sp³-hybridized carbons (Fsp3) is 0.769. The van der Waals surface area contributed by atoms with Crippen molar-refractivity contribution in [1.29, 1.82) is 0 Å². The maximum Gasteiger partial charge on any atom is 0.223 e. The minimum atomic E-state index is 0.247. The molecule has 1 amide bonds. The predicted molar refractivity (Wildman–Crippen MR) is 64.9 cm³/mol. The van der Waals surface area contributed by atoms with Gasteiger partial charge in [-0.25, -0.2) is 0 Å². The largest absolute Gasteiger partial charge is 0.356 e. The zero-order valence-electron chi connectivity index (χ0n) is 10.2. The van der Waals surface area contributed by atoms with Gasteiger partial charge in [-0.05, 0) is 44.2 Å². The Labute approximate surface area is 97.7 Å². The zero-order valence-corrected chi connectivity index (χ0v) is 10.2. The first-order valence-electron chi connectivity index (χ1n) is 6.31. The summed E-state index contributed by atoms with van der Waals surface area (Å²) in [4.78, 5) is 12.0. The summed E-state index contributed by atoms with van der Waals surface area (Å²) in [5.41, 5.74) is 0. The highest BCUT2D eigenvalue weighted by Crippen LogP contribution is 2.43. The predicted octanol–water partition coefficient (Wildman–Crippen LogP) is 1.17. The first kappa shape index (κ1) is 11.6. The van der Waals surface area contributed by atoms with E-state index in [1.54, 1.807) is 0 Å². The normalized spacial score (nSPS) is 33.0. The first-order chi connectivity index (χ1) is 7.70. The van der Waals surface area contributed by atoms with Crippen LogP contribution in [0.4, 0.5) is 0 Å². The molecule has 0 aromatic rings. The Kier molecular flexibility index (Phi) is 3.64. The van der Waals surface area contributed by atoms with Gasteiger partial charge in [0.05, 0.1) is 0 Å². The van der Waals surface area contributed by atoms with Gasteiger partial charge in [-0.2, -0.15) is 0 Å². The Morgan fingerprint density at radius 2 is 2.19 bits per heavy atom. The quantitative estimate of drug-likeness (QED) is 0.686. The molecule has 2 N–H and O–H groups in total. The van der Waals surface area contributed by atoms with E-state index in [-0.39, 0.29) is 11.8 Å². The van der Waals surface area contributed by atoms with E-state index in [0.29, 0.717) is 17.8 Å². The summed E-state index contributed by atoms with van der Waals surface area (Å²) in [5.74, 6) is 2.21. The van der Waals surface area contributed by atoms with Gasteiger partial charge in [-0.3, -0.25) is 4.79 Å². The molecule has 90 valence electrons. The number of nitrogens with one attached hydrogen (secondary N) is 2. The van der Waals surface area contributed by atoms with Crippen molar-refractivity contribution in [3.05, 3.63) is 12.2 Å². The van der Waals surface area contributed by atoms with Crippen LogP contribution in [0.2, 0.25) is 0 Å². The van der Waals surface area contributed by atoms with Crippen molar-refractivity contribution in [2.24, 2.45) is 23.7 Å². The highest BCUT2D eigenvalue weighted by Gasteiger charge is 2.39. The number of allylic oxidation sites excluding steroid dienone is 2. The molecular weight excluding hydrogens is 200 g/mol. The van der Waals surface area contributed by atoms with Crippen LogP contribution in [-0.2, 0) is 4.79 Å². The van der Waals surface area contributed by atoms with Crippen LogP contribution >= 0.6 is 0 Å². The molecule has 2 bridgehead atoms. The summed E-state index contributed by atoms with van der Waals surface area (Å²) in [6, 6.07) is 0. The minimum absolute atomic E-state index is 0.247. The van der Waals surface area contributed by atoms with E-state index in [1.807, 2.05) is 7.05 Å². The molecule has 1 saturated carbocycles. The topological polar surface area (TPSA) is 41.1 Å². The molecule has 4 atom stereocenters. The lowest BCUT2D eigenvalue weighted by atomic mass is 9.92. The summed E-state index contributed by atoms with van der Waals surface area (Å²) in [7, 11) is 1.94. The van der Waals surface area contributed by atoms with Crippen molar-refractivity contribution in [2.75, 3.05) is 20.1 Å². The van der Waals surface area contributed by atoms with Crippen molar-refractivity contribution >= 4 is 5.91 Å². The van der Waals surface area contributed by atoms with Gasteiger partial charge < -0.3 is 10.6 Å². The Morgan fingerprint density at radius 1 is 1.38 bits per heavy atom. The molecule has 2 aliphatic carbocycles. The van der Waals surface area contributed by atoms with Gasteiger partial charge in [0.1, 0.15) is 0 Å². The second-order valence-electron chi connectivity index (χ2n) is 5.29. The van der Waals surface area contributed by atoms with Crippen molar-refractivity contribution in [3.8, 4) is 0 Å². The molecule has 0 heterocycles. The number of fused-ring (bicyclic) bond motifs is 2. The van der Waals surface area contributed by atoms with Crippen LogP contribution in [0.25, 0.3) is 0 Å². The fourth-order valence-electron chi connectivity index (χ4n) is 2.91. The van der Waals surface area contributed by atoms with Crippen molar-refractivity contribution < 1.29 is 4.79 Å². The van der Waals surface area contributed by atoms with E-state index in [4.69, 9.17) is 0 Å². The maximum absolute atomic E-state index is 12.0. The molecule has 3 heteroatoms. The van der Waals surface area contributed by atoms with E-state index < -0.39 is 0 Å². The summed E-state index contributed by atoms with van der Waals surface area (Å²) < 4.78 is 0. The maximum atomic E-state index is 12.0. The molecule has 0 radical (unpaired) electrons. The van der Waals surface area contributed by atoms with Crippen LogP contribution in [0, 0.1) is 23.7 Å². The Bertz CT molecular complexity index is 288. The van der Waals surface area contributed by atoms with Gasteiger partial charge in [-0.1, -0.05) is 19.1 Å². The molecule has 0 saturated heterocycles. The standard InChI is InChI=1S/C13H22N2O/c1-9(7-14-2)8-15-13(16)12-6-10-3-4-11(12)5-10/h3-4,9-12,14H,5-8H2,1-2H3,(H,15,16). The van der Waals surface area contributed by atoms with E-state index in [1.165, 1.54) is 6.42 Å². The zero-order chi connectivity index (χ0) is 11.5. The second-order valence-corrected chi connectivity index (χ2v) is 5.29. The summed E-state index contributed by atoms with van der Waals surface area (Å²) in [6.07, 6.45) is 6.77. The smallest absolute Gasteiger partial charge is 0.223 e. The van der Waals surface area contributed by atoms with E-state index in [9.17, 15) is 4.79 Å². The fourth-order valence-corrected chi connectivity index (χ4v) is 2.91. The molecule has 2 aliphatic rings. The van der Waals surface area contributed by atoms with Gasteiger partial charge >= 0.3 is 0 Å². The average Bonchev–Trinajstić information content (AvgIpc) is 2.88. The highest BCUT2D eigenvalue weighted by atomic mass is 16.1. The van der Waals surface area contributed by atoms with E-state index >= 15 is 0 Å². The van der Waals surface area contributed by atoms with Crippen molar-refractivity contribution in [3.63, 3.8) is 0 Å². The molecule has 1 fully saturated rings. The highest BCUT2D eigenvalue weighted by molar-refractivity contribution is 5.79. The molecule has 4 unspecified atom stereocenters. The summed E-state index contributed by atoms with van der Waals surface area (Å²) in [6.45, 7) is 3.89. The van der Waals surface area contributed by atoms with Crippen LogP contribution in [-0.4, -0.2) is 26.0 Å². The third kappa shape index (κ3) is 2.46. The average molecular weight is 222 g/mol. The lowest BCUT2D eigenvalue weighted by Crippen LogP contribution is -2.37. The molecule has 0 aromatic heterocycles. The van der Waals surface area contributed by atoms with E-state index in [0.717, 1.165) is 19.5 Å². The van der Waals surface area contributed by atoms with Crippen LogP contribution < -0.4 is 10.6 Å². The molecule has 2 rings (SSSR count). The van der Waals surface area contributed by atoms with Gasteiger partial charge in [0.25, 0.3) is 0 Å².